The number of amides is 1. The van der Waals surface area contributed by atoms with Crippen LogP contribution in [-0.4, -0.2) is 31.1 Å². The first kappa shape index (κ1) is 21.7. The lowest BCUT2D eigenvalue weighted by Crippen LogP contribution is -2.29. The van der Waals surface area contributed by atoms with Gasteiger partial charge in [-0.05, 0) is 42.3 Å². The Hall–Kier alpha value is -3.51. The van der Waals surface area contributed by atoms with Crippen LogP contribution in [0.15, 0.2) is 64.9 Å². The van der Waals surface area contributed by atoms with Crippen molar-refractivity contribution < 1.29 is 18.7 Å². The fraction of sp³-hybridized carbons (Fsp3) is 0.200. The van der Waals surface area contributed by atoms with Gasteiger partial charge in [0.15, 0.2) is 16.9 Å². The maximum atomic E-state index is 13.5. The van der Waals surface area contributed by atoms with Gasteiger partial charge < -0.3 is 18.8 Å². The molecule has 0 N–H and O–H groups in total. The van der Waals surface area contributed by atoms with Crippen molar-refractivity contribution in [2.24, 2.45) is 0 Å². The first-order chi connectivity index (χ1) is 15.4. The number of benzene rings is 2. The Balaban J connectivity index is 1.94. The Morgan fingerprint density at radius 3 is 2.62 bits per heavy atom. The fourth-order valence-electron chi connectivity index (χ4n) is 3.94. The van der Waals surface area contributed by atoms with Crippen LogP contribution in [0.5, 0.6) is 11.5 Å². The second-order valence-corrected chi connectivity index (χ2v) is 7.84. The quantitative estimate of drug-likeness (QED) is 0.470. The van der Waals surface area contributed by atoms with Crippen LogP contribution in [0.3, 0.4) is 0 Å². The summed E-state index contributed by atoms with van der Waals surface area (Å²) in [6.07, 6.45) is 3.25. The van der Waals surface area contributed by atoms with E-state index in [9.17, 15) is 9.59 Å². The monoisotopic (exact) mass is 451 g/mol. The summed E-state index contributed by atoms with van der Waals surface area (Å²) in [7, 11) is 1.53. The molecule has 1 aromatic heterocycles. The molecule has 0 spiro atoms. The molecule has 32 heavy (non-hydrogen) atoms. The van der Waals surface area contributed by atoms with E-state index in [4.69, 9.17) is 25.5 Å². The van der Waals surface area contributed by atoms with Gasteiger partial charge in [-0.1, -0.05) is 36.4 Å². The molecule has 7 heteroatoms. The maximum absolute atomic E-state index is 13.5. The van der Waals surface area contributed by atoms with Gasteiger partial charge in [-0.3, -0.25) is 9.59 Å². The predicted molar refractivity (Wildman–Crippen MR) is 124 cm³/mol. The highest BCUT2D eigenvalue weighted by Gasteiger charge is 2.42. The number of carbonyl (C=O) groups excluding carboxylic acids is 1. The number of ether oxygens (including phenoxy) is 2. The molecule has 2 aromatic carbocycles. The summed E-state index contributed by atoms with van der Waals surface area (Å²) in [5.41, 5.74) is 1.75. The third-order valence-electron chi connectivity index (χ3n) is 5.43. The van der Waals surface area contributed by atoms with Gasteiger partial charge in [-0.15, -0.1) is 6.58 Å². The predicted octanol–water partition coefficient (Wildman–Crippen LogP) is 5.06. The molecule has 6 nitrogen and oxygen atoms in total. The lowest BCUT2D eigenvalue weighted by molar-refractivity contribution is 0.0748. The molecule has 0 radical (unpaired) electrons. The van der Waals surface area contributed by atoms with E-state index in [1.165, 1.54) is 7.11 Å². The minimum Gasteiger partial charge on any atom is -0.493 e. The van der Waals surface area contributed by atoms with Gasteiger partial charge in [0.1, 0.15) is 12.2 Å². The topological polar surface area (TPSA) is 69.0 Å². The molecule has 1 unspecified atom stereocenters. The van der Waals surface area contributed by atoms with Crippen molar-refractivity contribution >= 4 is 28.5 Å². The van der Waals surface area contributed by atoms with Gasteiger partial charge in [0.25, 0.3) is 5.91 Å². The van der Waals surface area contributed by atoms with Crippen LogP contribution in [-0.2, 0) is 0 Å². The van der Waals surface area contributed by atoms with Crippen molar-refractivity contribution in [1.29, 1.82) is 0 Å². The number of nitrogens with zero attached hydrogens (tertiary/aromatic N) is 1. The molecule has 164 valence electrons. The highest BCUT2D eigenvalue weighted by atomic mass is 35.5. The van der Waals surface area contributed by atoms with Crippen molar-refractivity contribution in [3.8, 4) is 11.5 Å². The van der Waals surface area contributed by atoms with E-state index in [2.05, 4.69) is 13.2 Å². The van der Waals surface area contributed by atoms with Gasteiger partial charge in [-0.25, -0.2) is 0 Å². The van der Waals surface area contributed by atoms with Crippen molar-refractivity contribution in [1.82, 2.24) is 4.90 Å². The third kappa shape index (κ3) is 3.46. The van der Waals surface area contributed by atoms with Crippen LogP contribution < -0.4 is 14.9 Å². The number of halogens is 1. The van der Waals surface area contributed by atoms with Gasteiger partial charge >= 0.3 is 0 Å². The normalized spacial score (nSPS) is 15.0. The van der Waals surface area contributed by atoms with Gasteiger partial charge in [0, 0.05) is 11.6 Å². The van der Waals surface area contributed by atoms with Crippen LogP contribution >= 0.6 is 11.6 Å². The van der Waals surface area contributed by atoms with E-state index < -0.39 is 6.04 Å². The molecule has 0 aliphatic carbocycles. The van der Waals surface area contributed by atoms with Crippen molar-refractivity contribution in [2.75, 3.05) is 20.3 Å². The minimum atomic E-state index is -0.668. The Labute approximate surface area is 190 Å². The molecule has 0 bridgehead atoms. The van der Waals surface area contributed by atoms with Crippen LogP contribution in [0.25, 0.3) is 11.0 Å². The zero-order chi connectivity index (χ0) is 23.0. The molecule has 4 rings (SSSR count). The van der Waals surface area contributed by atoms with Gasteiger partial charge in [-0.2, -0.15) is 0 Å². The molecule has 0 fully saturated rings. The van der Waals surface area contributed by atoms with E-state index in [1.54, 1.807) is 47.4 Å². The second-order valence-electron chi connectivity index (χ2n) is 7.43. The zero-order valence-corrected chi connectivity index (χ0v) is 18.6. The number of carbonyl (C=O) groups is 1. The van der Waals surface area contributed by atoms with E-state index in [1.807, 2.05) is 6.92 Å². The number of aryl methyl sites for hydroxylation is 1. The summed E-state index contributed by atoms with van der Waals surface area (Å²) in [5, 5.41) is 0.787. The molecule has 1 atom stereocenters. The minimum absolute atomic E-state index is 0.0297. The third-order valence-corrected chi connectivity index (χ3v) is 5.84. The van der Waals surface area contributed by atoms with E-state index in [0.717, 1.165) is 5.56 Å². The van der Waals surface area contributed by atoms with Crippen molar-refractivity contribution in [2.45, 2.75) is 13.0 Å². The summed E-state index contributed by atoms with van der Waals surface area (Å²) in [6, 6.07) is 7.90. The maximum Gasteiger partial charge on any atom is 0.291 e. The first-order valence-corrected chi connectivity index (χ1v) is 10.4. The lowest BCUT2D eigenvalue weighted by atomic mass is 9.97. The van der Waals surface area contributed by atoms with Crippen molar-refractivity contribution in [3.63, 3.8) is 0 Å². The summed E-state index contributed by atoms with van der Waals surface area (Å²) < 4.78 is 17.1. The number of fused-ring (bicyclic) bond motifs is 2. The average Bonchev–Trinajstić information content (AvgIpc) is 3.06. The summed E-state index contributed by atoms with van der Waals surface area (Å²) in [6.45, 7) is 9.77. The van der Waals surface area contributed by atoms with Gasteiger partial charge in [0.2, 0.25) is 5.76 Å². The second kappa shape index (κ2) is 8.55. The largest absolute Gasteiger partial charge is 0.493 e. The molecule has 1 aliphatic rings. The molecule has 1 amide bonds. The molecular formula is C25H22ClNO5. The number of methoxy groups -OCH3 is 1. The summed E-state index contributed by atoms with van der Waals surface area (Å²) >= 11 is 6.26. The van der Waals surface area contributed by atoms with Crippen LogP contribution in [0.2, 0.25) is 5.02 Å². The lowest BCUT2D eigenvalue weighted by Gasteiger charge is -2.24. The fourth-order valence-corrected chi connectivity index (χ4v) is 4.10. The summed E-state index contributed by atoms with van der Waals surface area (Å²) in [5.74, 6) is 0.667. The van der Waals surface area contributed by atoms with Crippen LogP contribution in [0.4, 0.5) is 0 Å². The Kier molecular flexibility index (Phi) is 5.80. The Bertz CT molecular complexity index is 1310. The van der Waals surface area contributed by atoms with E-state index in [0.29, 0.717) is 39.7 Å². The SMILES string of the molecule is C=CCOc1ccc(C2c3c(oc4cc(C)c(Cl)cc4c3=O)C(=O)N2CC=C)cc1OC. The summed E-state index contributed by atoms with van der Waals surface area (Å²) in [4.78, 5) is 28.3. The molecule has 0 saturated carbocycles. The first-order valence-electron chi connectivity index (χ1n) is 10.0. The van der Waals surface area contributed by atoms with E-state index >= 15 is 0 Å². The zero-order valence-electron chi connectivity index (χ0n) is 17.8. The Morgan fingerprint density at radius 1 is 1.16 bits per heavy atom. The standard InChI is InChI=1S/C25H22ClNO5/c1-5-9-27-22(15-7-8-18(31-10-6-2)20(12-15)30-4)21-23(28)16-13-17(26)14(3)11-19(16)32-24(21)25(27)29/h5-8,11-13,22H,1-2,9-10H2,3-4H3. The van der Waals surface area contributed by atoms with E-state index in [-0.39, 0.29) is 29.2 Å². The van der Waals surface area contributed by atoms with Crippen molar-refractivity contribution in [3.05, 3.63) is 93.3 Å². The highest BCUT2D eigenvalue weighted by Crippen LogP contribution is 2.41. The molecule has 3 aromatic rings. The Morgan fingerprint density at radius 2 is 1.94 bits per heavy atom. The number of hydrogen-bond acceptors (Lipinski definition) is 5. The average molecular weight is 452 g/mol. The highest BCUT2D eigenvalue weighted by molar-refractivity contribution is 6.32. The van der Waals surface area contributed by atoms with Crippen LogP contribution in [0, 0.1) is 6.92 Å². The number of hydrogen-bond donors (Lipinski definition) is 0. The number of rotatable bonds is 7. The molecule has 2 heterocycles. The smallest absolute Gasteiger partial charge is 0.291 e. The molecule has 0 saturated heterocycles. The van der Waals surface area contributed by atoms with Gasteiger partial charge in [0.05, 0.1) is 24.1 Å². The van der Waals surface area contributed by atoms with Crippen LogP contribution in [0.1, 0.15) is 33.3 Å². The molecule has 1 aliphatic heterocycles. The molecular weight excluding hydrogens is 430 g/mol.